The van der Waals surface area contributed by atoms with E-state index in [1.54, 1.807) is 11.8 Å². The average molecular weight is 279 g/mol. The fraction of sp³-hybridized carbons (Fsp3) is 0.400. The van der Waals surface area contributed by atoms with Crippen LogP contribution in [0.25, 0.3) is 6.08 Å². The molecule has 0 saturated carbocycles. The first-order chi connectivity index (χ1) is 9.27. The van der Waals surface area contributed by atoms with Crippen molar-refractivity contribution in [1.82, 2.24) is 5.32 Å². The highest BCUT2D eigenvalue weighted by molar-refractivity contribution is 7.98. The third kappa shape index (κ3) is 6.45. The number of carbonyl (C=O) groups excluding carboxylic acids is 1. The molecule has 1 aromatic rings. The first-order valence-electron chi connectivity index (χ1n) is 6.29. The van der Waals surface area contributed by atoms with Gasteiger partial charge in [0.15, 0.2) is 0 Å². The Morgan fingerprint density at radius 1 is 1.42 bits per heavy atom. The Labute approximate surface area is 119 Å². The molecule has 19 heavy (non-hydrogen) atoms. The van der Waals surface area contributed by atoms with E-state index in [2.05, 4.69) is 5.32 Å². The summed E-state index contributed by atoms with van der Waals surface area (Å²) in [5, 5.41) is 3.20. The fourth-order valence-corrected chi connectivity index (χ4v) is 2.12. The molecule has 0 aliphatic heterocycles. The minimum atomic E-state index is -0.224. The number of esters is 1. The molecule has 1 unspecified atom stereocenters. The summed E-state index contributed by atoms with van der Waals surface area (Å²) >= 11 is 1.73. The molecule has 1 rings (SSSR count). The monoisotopic (exact) mass is 279 g/mol. The van der Waals surface area contributed by atoms with Crippen LogP contribution in [0.4, 0.5) is 0 Å². The van der Waals surface area contributed by atoms with E-state index in [1.165, 1.54) is 7.11 Å². The minimum absolute atomic E-state index is 0.192. The van der Waals surface area contributed by atoms with Gasteiger partial charge in [-0.05, 0) is 24.0 Å². The molecule has 104 valence electrons. The SMILES string of the molecule is COC(=O)C(CCSC)NC/C=C/c1ccccc1. The molecule has 0 aromatic heterocycles. The topological polar surface area (TPSA) is 38.3 Å². The summed E-state index contributed by atoms with van der Waals surface area (Å²) in [4.78, 5) is 11.6. The molecule has 3 nitrogen and oxygen atoms in total. The van der Waals surface area contributed by atoms with E-state index in [9.17, 15) is 4.79 Å². The van der Waals surface area contributed by atoms with E-state index in [4.69, 9.17) is 4.74 Å². The molecule has 1 N–H and O–H groups in total. The largest absolute Gasteiger partial charge is 0.468 e. The fourth-order valence-electron chi connectivity index (χ4n) is 1.65. The van der Waals surface area contributed by atoms with Crippen molar-refractivity contribution in [2.75, 3.05) is 25.7 Å². The van der Waals surface area contributed by atoms with Gasteiger partial charge in [-0.25, -0.2) is 0 Å². The number of nitrogens with one attached hydrogen (secondary N) is 1. The highest BCUT2D eigenvalue weighted by Gasteiger charge is 2.16. The highest BCUT2D eigenvalue weighted by atomic mass is 32.2. The first kappa shape index (κ1) is 15.8. The van der Waals surface area contributed by atoms with Crippen LogP contribution in [0.15, 0.2) is 36.4 Å². The number of rotatable bonds is 8. The Balaban J connectivity index is 2.39. The van der Waals surface area contributed by atoms with Crippen molar-refractivity contribution in [3.63, 3.8) is 0 Å². The van der Waals surface area contributed by atoms with Crippen molar-refractivity contribution in [1.29, 1.82) is 0 Å². The van der Waals surface area contributed by atoms with Gasteiger partial charge in [-0.3, -0.25) is 4.79 Å². The number of ether oxygens (including phenoxy) is 1. The zero-order valence-corrected chi connectivity index (χ0v) is 12.3. The summed E-state index contributed by atoms with van der Waals surface area (Å²) in [6.45, 7) is 0.656. The summed E-state index contributed by atoms with van der Waals surface area (Å²) in [6, 6.07) is 9.86. The maximum absolute atomic E-state index is 11.6. The second kappa shape index (κ2) is 9.64. The lowest BCUT2D eigenvalue weighted by molar-refractivity contribution is -0.143. The van der Waals surface area contributed by atoms with Crippen molar-refractivity contribution in [3.8, 4) is 0 Å². The van der Waals surface area contributed by atoms with E-state index in [0.29, 0.717) is 6.54 Å². The number of thioether (sulfide) groups is 1. The van der Waals surface area contributed by atoms with E-state index in [0.717, 1.165) is 17.7 Å². The maximum Gasteiger partial charge on any atom is 0.322 e. The number of hydrogen-bond acceptors (Lipinski definition) is 4. The van der Waals surface area contributed by atoms with Gasteiger partial charge in [0.1, 0.15) is 6.04 Å². The summed E-state index contributed by atoms with van der Waals surface area (Å²) in [7, 11) is 1.43. The predicted octanol–water partition coefficient (Wildman–Crippen LogP) is 2.58. The van der Waals surface area contributed by atoms with Crippen molar-refractivity contribution in [3.05, 3.63) is 42.0 Å². The van der Waals surface area contributed by atoms with Crippen LogP contribution < -0.4 is 5.32 Å². The van der Waals surface area contributed by atoms with Crippen molar-refractivity contribution >= 4 is 23.8 Å². The number of benzene rings is 1. The van der Waals surface area contributed by atoms with Gasteiger partial charge in [0, 0.05) is 6.54 Å². The lowest BCUT2D eigenvalue weighted by atomic mass is 10.2. The van der Waals surface area contributed by atoms with Gasteiger partial charge in [-0.2, -0.15) is 11.8 Å². The Kier molecular flexibility index (Phi) is 8.02. The van der Waals surface area contributed by atoms with Crippen LogP contribution in [0.3, 0.4) is 0 Å². The molecule has 0 aliphatic carbocycles. The van der Waals surface area contributed by atoms with E-state index in [-0.39, 0.29) is 12.0 Å². The molecule has 4 heteroatoms. The first-order valence-corrected chi connectivity index (χ1v) is 7.69. The lowest BCUT2D eigenvalue weighted by Gasteiger charge is -2.14. The number of methoxy groups -OCH3 is 1. The lowest BCUT2D eigenvalue weighted by Crippen LogP contribution is -2.38. The number of hydrogen-bond donors (Lipinski definition) is 1. The standard InChI is InChI=1S/C15H21NO2S/c1-18-15(17)14(10-12-19-2)16-11-6-9-13-7-4-3-5-8-13/h3-9,14,16H,10-12H2,1-2H3/b9-6+. The molecule has 0 heterocycles. The second-order valence-corrected chi connectivity index (χ2v) is 5.06. The highest BCUT2D eigenvalue weighted by Crippen LogP contribution is 2.03. The van der Waals surface area contributed by atoms with Crippen molar-refractivity contribution in [2.24, 2.45) is 0 Å². The van der Waals surface area contributed by atoms with Gasteiger partial charge >= 0.3 is 5.97 Å². The molecule has 0 saturated heterocycles. The van der Waals surface area contributed by atoms with Crippen LogP contribution >= 0.6 is 11.8 Å². The Morgan fingerprint density at radius 3 is 2.79 bits per heavy atom. The summed E-state index contributed by atoms with van der Waals surface area (Å²) in [6.07, 6.45) is 6.87. The van der Waals surface area contributed by atoms with Crippen LogP contribution in [0.2, 0.25) is 0 Å². The molecule has 0 aliphatic rings. The molecule has 0 bridgehead atoms. The average Bonchev–Trinajstić information content (AvgIpc) is 2.47. The van der Waals surface area contributed by atoms with Gasteiger partial charge < -0.3 is 10.1 Å². The van der Waals surface area contributed by atoms with Gasteiger partial charge in [0.2, 0.25) is 0 Å². The Hall–Kier alpha value is -1.26. The van der Waals surface area contributed by atoms with Crippen molar-refractivity contribution < 1.29 is 9.53 Å². The molecular formula is C15H21NO2S. The van der Waals surface area contributed by atoms with E-state index >= 15 is 0 Å². The molecule has 0 amide bonds. The van der Waals surface area contributed by atoms with Gasteiger partial charge in [-0.15, -0.1) is 0 Å². The molecule has 0 spiro atoms. The van der Waals surface area contributed by atoms with Crippen LogP contribution in [-0.4, -0.2) is 37.7 Å². The third-order valence-corrected chi connectivity index (χ3v) is 3.33. The Bertz CT molecular complexity index is 392. The van der Waals surface area contributed by atoms with Crippen LogP contribution in [-0.2, 0) is 9.53 Å². The van der Waals surface area contributed by atoms with Gasteiger partial charge in [0.25, 0.3) is 0 Å². The zero-order valence-electron chi connectivity index (χ0n) is 11.5. The quantitative estimate of drug-likeness (QED) is 0.742. The zero-order chi connectivity index (χ0) is 13.9. The third-order valence-electron chi connectivity index (χ3n) is 2.69. The summed E-state index contributed by atoms with van der Waals surface area (Å²) in [5.74, 6) is 0.747. The minimum Gasteiger partial charge on any atom is -0.468 e. The predicted molar refractivity (Wildman–Crippen MR) is 82.3 cm³/mol. The van der Waals surface area contributed by atoms with Crippen molar-refractivity contribution in [2.45, 2.75) is 12.5 Å². The molecule has 0 fully saturated rings. The Morgan fingerprint density at radius 2 is 2.16 bits per heavy atom. The molecular weight excluding hydrogens is 258 g/mol. The van der Waals surface area contributed by atoms with Crippen LogP contribution in [0, 0.1) is 0 Å². The van der Waals surface area contributed by atoms with E-state index in [1.807, 2.05) is 48.7 Å². The smallest absolute Gasteiger partial charge is 0.322 e. The van der Waals surface area contributed by atoms with E-state index < -0.39 is 0 Å². The normalized spacial score (nSPS) is 12.5. The molecule has 0 radical (unpaired) electrons. The van der Waals surface area contributed by atoms with Crippen LogP contribution in [0.1, 0.15) is 12.0 Å². The second-order valence-electron chi connectivity index (χ2n) is 4.08. The maximum atomic E-state index is 11.6. The molecule has 1 aromatic carbocycles. The van der Waals surface area contributed by atoms with Gasteiger partial charge in [-0.1, -0.05) is 42.5 Å². The van der Waals surface area contributed by atoms with Crippen LogP contribution in [0.5, 0.6) is 0 Å². The number of carbonyl (C=O) groups is 1. The summed E-state index contributed by atoms with van der Waals surface area (Å²) < 4.78 is 4.79. The molecule has 1 atom stereocenters. The summed E-state index contributed by atoms with van der Waals surface area (Å²) in [5.41, 5.74) is 1.16. The van der Waals surface area contributed by atoms with Gasteiger partial charge in [0.05, 0.1) is 7.11 Å².